The third-order valence-corrected chi connectivity index (χ3v) is 2.96. The molecule has 0 radical (unpaired) electrons. The minimum absolute atomic E-state index is 0.316. The fourth-order valence-electron chi connectivity index (χ4n) is 1.86. The van der Waals surface area contributed by atoms with E-state index < -0.39 is 10.4 Å². The van der Waals surface area contributed by atoms with Gasteiger partial charge in [0.1, 0.15) is 11.5 Å². The summed E-state index contributed by atoms with van der Waals surface area (Å²) >= 11 is 0. The molecule has 0 saturated heterocycles. The summed E-state index contributed by atoms with van der Waals surface area (Å²) in [6, 6.07) is 10.5. The molecule has 140 valence electrons. The van der Waals surface area contributed by atoms with Crippen molar-refractivity contribution in [1.82, 2.24) is 0 Å². The Labute approximate surface area is 147 Å². The van der Waals surface area contributed by atoms with Gasteiger partial charge >= 0.3 is 10.4 Å². The molecule has 8 nitrogen and oxygen atoms in total. The third-order valence-electron chi connectivity index (χ3n) is 2.96. The van der Waals surface area contributed by atoms with Crippen LogP contribution < -0.4 is 10.6 Å². The van der Waals surface area contributed by atoms with Gasteiger partial charge in [0.05, 0.1) is 0 Å². The van der Waals surface area contributed by atoms with E-state index in [1.165, 1.54) is 0 Å². The van der Waals surface area contributed by atoms with Crippen LogP contribution in [0.15, 0.2) is 36.4 Å². The normalized spacial score (nSPS) is 9.84. The van der Waals surface area contributed by atoms with Crippen molar-refractivity contribution in [2.75, 3.05) is 24.7 Å². The number of phenolic OH excluding ortho intramolecular Hbond substituents is 2. The third kappa shape index (κ3) is 10.8. The quantitative estimate of drug-likeness (QED) is 0.349. The van der Waals surface area contributed by atoms with Crippen LogP contribution in [0.25, 0.3) is 0 Å². The number of anilines is 2. The van der Waals surface area contributed by atoms with Crippen LogP contribution in [-0.2, 0) is 10.4 Å². The van der Waals surface area contributed by atoms with Crippen LogP contribution in [0.4, 0.5) is 11.4 Å². The zero-order valence-corrected chi connectivity index (χ0v) is 15.3. The van der Waals surface area contributed by atoms with E-state index in [9.17, 15) is 0 Å². The van der Waals surface area contributed by atoms with Crippen molar-refractivity contribution in [2.24, 2.45) is 0 Å². The van der Waals surface area contributed by atoms with Gasteiger partial charge < -0.3 is 20.8 Å². The van der Waals surface area contributed by atoms with Crippen LogP contribution in [0.2, 0.25) is 0 Å². The van der Waals surface area contributed by atoms with E-state index >= 15 is 0 Å². The largest absolute Gasteiger partial charge is 0.508 e. The van der Waals surface area contributed by atoms with Crippen molar-refractivity contribution in [2.45, 2.75) is 13.8 Å². The molecule has 2 rings (SSSR count). The predicted molar refractivity (Wildman–Crippen MR) is 99.0 cm³/mol. The van der Waals surface area contributed by atoms with Gasteiger partial charge in [0.25, 0.3) is 0 Å². The first-order valence-electron chi connectivity index (χ1n) is 7.12. The molecule has 0 aliphatic rings. The van der Waals surface area contributed by atoms with Crippen LogP contribution >= 0.6 is 0 Å². The molecule has 2 aromatic rings. The molecule has 6 N–H and O–H groups in total. The molecule has 0 atom stereocenters. The molecule has 0 spiro atoms. The van der Waals surface area contributed by atoms with Gasteiger partial charge in [-0.1, -0.05) is 0 Å². The molecule has 0 amide bonds. The number of nitrogens with one attached hydrogen (secondary N) is 2. The molecule has 9 heteroatoms. The van der Waals surface area contributed by atoms with Crippen LogP contribution in [0.1, 0.15) is 11.1 Å². The van der Waals surface area contributed by atoms with Gasteiger partial charge in [-0.2, -0.15) is 8.42 Å². The fraction of sp³-hybridized carbons (Fsp3) is 0.250. The van der Waals surface area contributed by atoms with Crippen LogP contribution in [0.5, 0.6) is 11.5 Å². The molecular formula is C16H24N2O6S. The van der Waals surface area contributed by atoms with E-state index in [1.54, 1.807) is 24.3 Å². The molecule has 0 unspecified atom stereocenters. The van der Waals surface area contributed by atoms with Gasteiger partial charge in [-0.05, 0) is 61.4 Å². The summed E-state index contributed by atoms with van der Waals surface area (Å²) in [4.78, 5) is 0. The molecule has 25 heavy (non-hydrogen) atoms. The lowest BCUT2D eigenvalue weighted by molar-refractivity contribution is 0.381. The van der Waals surface area contributed by atoms with Gasteiger partial charge in [0, 0.05) is 25.5 Å². The van der Waals surface area contributed by atoms with Crippen molar-refractivity contribution >= 4 is 21.8 Å². The Balaban J connectivity index is 0.000000368. The maximum absolute atomic E-state index is 9.01. The summed E-state index contributed by atoms with van der Waals surface area (Å²) in [6.07, 6.45) is 0. The van der Waals surface area contributed by atoms with E-state index in [2.05, 4.69) is 10.6 Å². The van der Waals surface area contributed by atoms with Gasteiger partial charge in [-0.25, -0.2) is 0 Å². The van der Waals surface area contributed by atoms with Crippen molar-refractivity contribution in [1.29, 1.82) is 0 Å². The Morgan fingerprint density at radius 3 is 1.24 bits per heavy atom. The molecule has 0 aliphatic carbocycles. The Morgan fingerprint density at radius 2 is 1.04 bits per heavy atom. The second-order valence-corrected chi connectivity index (χ2v) is 5.84. The van der Waals surface area contributed by atoms with Crippen molar-refractivity contribution in [3.05, 3.63) is 47.5 Å². The van der Waals surface area contributed by atoms with E-state index in [0.29, 0.717) is 11.5 Å². The monoisotopic (exact) mass is 372 g/mol. The van der Waals surface area contributed by atoms with Gasteiger partial charge in [-0.15, -0.1) is 0 Å². The van der Waals surface area contributed by atoms with Crippen molar-refractivity contribution in [3.8, 4) is 11.5 Å². The average Bonchev–Trinajstić information content (AvgIpc) is 2.46. The zero-order chi connectivity index (χ0) is 19.6. The van der Waals surface area contributed by atoms with Crippen molar-refractivity contribution < 1.29 is 27.7 Å². The van der Waals surface area contributed by atoms with Gasteiger partial charge in [-0.3, -0.25) is 9.11 Å². The highest BCUT2D eigenvalue weighted by molar-refractivity contribution is 7.79. The maximum Gasteiger partial charge on any atom is 0.394 e. The highest BCUT2D eigenvalue weighted by Crippen LogP contribution is 2.19. The van der Waals surface area contributed by atoms with Gasteiger partial charge in [0.15, 0.2) is 0 Å². The molecule has 0 fully saturated rings. The molecule has 0 saturated carbocycles. The van der Waals surface area contributed by atoms with Crippen LogP contribution in [0, 0.1) is 13.8 Å². The van der Waals surface area contributed by atoms with E-state index in [0.717, 1.165) is 22.5 Å². The first-order chi connectivity index (χ1) is 11.5. The van der Waals surface area contributed by atoms with E-state index in [4.69, 9.17) is 27.7 Å². The minimum atomic E-state index is -4.67. The maximum atomic E-state index is 9.01. The standard InChI is InChI=1S/2C8H11NO.H2O4S/c2*1-6-5-7(10)3-4-8(6)9-2;1-5(2,3)4/h2*3-5,9-10H,1-2H3;(H2,1,2,3,4). The van der Waals surface area contributed by atoms with Crippen molar-refractivity contribution in [3.63, 3.8) is 0 Å². The van der Waals surface area contributed by atoms with E-state index in [-0.39, 0.29) is 0 Å². The number of hydrogen-bond donors (Lipinski definition) is 6. The molecule has 0 aliphatic heterocycles. The summed E-state index contributed by atoms with van der Waals surface area (Å²) in [7, 11) is -0.946. The summed E-state index contributed by atoms with van der Waals surface area (Å²) in [5, 5.41) is 24.0. The Hall–Kier alpha value is -2.49. The summed E-state index contributed by atoms with van der Waals surface area (Å²) in [5.74, 6) is 0.632. The number of aromatic hydroxyl groups is 2. The highest BCUT2D eigenvalue weighted by atomic mass is 32.3. The van der Waals surface area contributed by atoms with Crippen LogP contribution in [-0.4, -0.2) is 41.8 Å². The number of aryl methyl sites for hydroxylation is 2. The minimum Gasteiger partial charge on any atom is -0.508 e. The Kier molecular flexibility index (Phi) is 9.36. The fourth-order valence-corrected chi connectivity index (χ4v) is 1.86. The topological polar surface area (TPSA) is 139 Å². The first kappa shape index (κ1) is 22.5. The Bertz CT molecular complexity index is 719. The summed E-state index contributed by atoms with van der Waals surface area (Å²) in [5.41, 5.74) is 4.22. The second kappa shape index (κ2) is 10.4. The number of benzene rings is 2. The highest BCUT2D eigenvalue weighted by Gasteiger charge is 1.95. The summed E-state index contributed by atoms with van der Waals surface area (Å²) < 4.78 is 31.6. The number of phenols is 2. The Morgan fingerprint density at radius 1 is 0.760 bits per heavy atom. The lowest BCUT2D eigenvalue weighted by atomic mass is 10.2. The number of rotatable bonds is 2. The second-order valence-electron chi connectivity index (χ2n) is 4.95. The smallest absolute Gasteiger partial charge is 0.394 e. The zero-order valence-electron chi connectivity index (χ0n) is 14.5. The van der Waals surface area contributed by atoms with Gasteiger partial charge in [0.2, 0.25) is 0 Å². The predicted octanol–water partition coefficient (Wildman–Crippen LogP) is 2.83. The SMILES string of the molecule is CNc1ccc(O)cc1C.CNc1ccc(O)cc1C.O=S(=O)(O)O. The average molecular weight is 372 g/mol. The number of hydrogen-bond acceptors (Lipinski definition) is 6. The lowest BCUT2D eigenvalue weighted by Crippen LogP contribution is -1.89. The molecule has 0 aromatic heterocycles. The molecular weight excluding hydrogens is 348 g/mol. The molecule has 0 bridgehead atoms. The summed E-state index contributed by atoms with van der Waals surface area (Å²) in [6.45, 7) is 3.90. The first-order valence-corrected chi connectivity index (χ1v) is 8.52. The molecule has 2 aromatic carbocycles. The van der Waals surface area contributed by atoms with Crippen LogP contribution in [0.3, 0.4) is 0 Å². The van der Waals surface area contributed by atoms with E-state index in [1.807, 2.05) is 40.1 Å². The molecule has 0 heterocycles. The lowest BCUT2D eigenvalue weighted by Gasteiger charge is -2.03.